The Hall–Kier alpha value is -1.88. The van der Waals surface area contributed by atoms with E-state index in [9.17, 15) is 4.79 Å². The number of aryl methyl sites for hydroxylation is 2. The molecule has 2 heterocycles. The number of amides is 1. The van der Waals surface area contributed by atoms with Gasteiger partial charge < -0.3 is 9.42 Å². The second-order valence-corrected chi connectivity index (χ2v) is 5.79. The molecule has 5 nitrogen and oxygen atoms in total. The third-order valence-corrected chi connectivity index (χ3v) is 4.20. The predicted molar refractivity (Wildman–Crippen MR) is 78.5 cm³/mol. The number of aromatic nitrogens is 2. The van der Waals surface area contributed by atoms with Gasteiger partial charge in [0.25, 0.3) is 5.91 Å². The maximum absolute atomic E-state index is 12.5. The highest BCUT2D eigenvalue weighted by Crippen LogP contribution is 2.27. The highest BCUT2D eigenvalue weighted by molar-refractivity contribution is 6.31. The summed E-state index contributed by atoms with van der Waals surface area (Å²) in [5.41, 5.74) is 1.57. The molecule has 21 heavy (non-hydrogen) atoms. The first kappa shape index (κ1) is 14.1. The molecule has 110 valence electrons. The molecule has 0 unspecified atom stereocenters. The molecule has 1 amide bonds. The Kier molecular flexibility index (Phi) is 3.68. The Balaban J connectivity index is 1.73. The van der Waals surface area contributed by atoms with Crippen LogP contribution in [0.4, 0.5) is 0 Å². The van der Waals surface area contributed by atoms with Crippen LogP contribution in [0.5, 0.6) is 0 Å². The molecule has 1 saturated heterocycles. The third-order valence-electron chi connectivity index (χ3n) is 3.77. The van der Waals surface area contributed by atoms with E-state index in [-0.39, 0.29) is 11.8 Å². The first-order valence-electron chi connectivity index (χ1n) is 6.90. The van der Waals surface area contributed by atoms with Crippen molar-refractivity contribution in [1.29, 1.82) is 0 Å². The van der Waals surface area contributed by atoms with E-state index in [0.717, 1.165) is 12.0 Å². The van der Waals surface area contributed by atoms with Crippen molar-refractivity contribution >= 4 is 17.5 Å². The number of halogens is 1. The van der Waals surface area contributed by atoms with Crippen LogP contribution in [-0.4, -0.2) is 34.0 Å². The number of likely N-dealkylation sites (tertiary alicyclic amines) is 1. The van der Waals surface area contributed by atoms with Crippen molar-refractivity contribution in [3.8, 4) is 0 Å². The maximum atomic E-state index is 12.5. The number of hydrogen-bond acceptors (Lipinski definition) is 4. The van der Waals surface area contributed by atoms with Crippen LogP contribution < -0.4 is 0 Å². The predicted octanol–water partition coefficient (Wildman–Crippen LogP) is 2.97. The largest absolute Gasteiger partial charge is 0.339 e. The summed E-state index contributed by atoms with van der Waals surface area (Å²) < 4.78 is 5.20. The van der Waals surface area contributed by atoms with Crippen LogP contribution in [0.2, 0.25) is 5.02 Å². The van der Waals surface area contributed by atoms with Gasteiger partial charge in [-0.15, -0.1) is 0 Å². The van der Waals surface area contributed by atoms with Crippen molar-refractivity contribution in [2.45, 2.75) is 26.2 Å². The first-order chi connectivity index (χ1) is 10.0. The minimum Gasteiger partial charge on any atom is -0.339 e. The van der Waals surface area contributed by atoms with Crippen molar-refractivity contribution in [1.82, 2.24) is 15.0 Å². The Labute approximate surface area is 127 Å². The summed E-state index contributed by atoms with van der Waals surface area (Å²) in [5, 5.41) is 4.48. The van der Waals surface area contributed by atoms with Crippen molar-refractivity contribution in [3.05, 3.63) is 46.1 Å². The molecular weight excluding hydrogens is 290 g/mol. The van der Waals surface area contributed by atoms with E-state index in [2.05, 4.69) is 10.1 Å². The van der Waals surface area contributed by atoms with Gasteiger partial charge in [-0.2, -0.15) is 4.98 Å². The Morgan fingerprint density at radius 3 is 2.90 bits per heavy atom. The average Bonchev–Trinajstić information content (AvgIpc) is 3.09. The summed E-state index contributed by atoms with van der Waals surface area (Å²) in [6.07, 6.45) is 0.847. The summed E-state index contributed by atoms with van der Waals surface area (Å²) in [7, 11) is 0. The zero-order valence-electron chi connectivity index (χ0n) is 12.0. The molecule has 1 aromatic carbocycles. The molecular formula is C15H16ClN3O2. The molecule has 1 aliphatic rings. The van der Waals surface area contributed by atoms with Crippen LogP contribution in [0.15, 0.2) is 22.7 Å². The van der Waals surface area contributed by atoms with E-state index in [1.54, 1.807) is 19.1 Å². The Bertz CT molecular complexity index is 683. The minimum atomic E-state index is 0.0218. The third kappa shape index (κ3) is 2.78. The summed E-state index contributed by atoms with van der Waals surface area (Å²) in [6.45, 7) is 5.00. The summed E-state index contributed by atoms with van der Waals surface area (Å²) in [5.74, 6) is 1.40. The van der Waals surface area contributed by atoms with Crippen LogP contribution in [0, 0.1) is 13.8 Å². The zero-order chi connectivity index (χ0) is 15.0. The lowest BCUT2D eigenvalue weighted by atomic mass is 10.1. The number of carbonyl (C=O) groups is 1. The molecule has 2 aromatic rings. The molecule has 1 aromatic heterocycles. The maximum Gasteiger partial charge on any atom is 0.253 e. The summed E-state index contributed by atoms with van der Waals surface area (Å²) >= 11 is 6.00. The SMILES string of the molecule is Cc1noc([C@@H]2CCN(C(=O)c3ccc(Cl)c(C)c3)C2)n1. The van der Waals surface area contributed by atoms with Crippen LogP contribution in [0.1, 0.15) is 40.0 Å². The van der Waals surface area contributed by atoms with Gasteiger partial charge in [-0.3, -0.25) is 4.79 Å². The van der Waals surface area contributed by atoms with Gasteiger partial charge in [0.15, 0.2) is 5.82 Å². The molecule has 0 aliphatic carbocycles. The van der Waals surface area contributed by atoms with E-state index >= 15 is 0 Å². The van der Waals surface area contributed by atoms with E-state index in [4.69, 9.17) is 16.1 Å². The molecule has 1 fully saturated rings. The molecule has 0 bridgehead atoms. The van der Waals surface area contributed by atoms with Gasteiger partial charge in [0.05, 0.1) is 5.92 Å². The second kappa shape index (κ2) is 5.48. The highest BCUT2D eigenvalue weighted by atomic mass is 35.5. The lowest BCUT2D eigenvalue weighted by Crippen LogP contribution is -2.28. The van der Waals surface area contributed by atoms with Gasteiger partial charge in [0.2, 0.25) is 5.89 Å². The zero-order valence-corrected chi connectivity index (χ0v) is 12.7. The lowest BCUT2D eigenvalue weighted by molar-refractivity contribution is 0.0789. The first-order valence-corrected chi connectivity index (χ1v) is 7.28. The standard InChI is InChI=1S/C15H16ClN3O2/c1-9-7-11(3-4-13(9)16)15(20)19-6-5-12(8-19)14-17-10(2)18-21-14/h3-4,7,12H,5-6,8H2,1-2H3/t12-/m1/s1. The van der Waals surface area contributed by atoms with Gasteiger partial charge in [-0.05, 0) is 44.0 Å². The second-order valence-electron chi connectivity index (χ2n) is 5.38. The summed E-state index contributed by atoms with van der Waals surface area (Å²) in [6, 6.07) is 5.36. The average molecular weight is 306 g/mol. The quantitative estimate of drug-likeness (QED) is 0.856. The van der Waals surface area contributed by atoms with Gasteiger partial charge in [0, 0.05) is 23.7 Å². The molecule has 0 saturated carbocycles. The lowest BCUT2D eigenvalue weighted by Gasteiger charge is -2.16. The number of carbonyl (C=O) groups excluding carboxylic acids is 1. The molecule has 6 heteroatoms. The van der Waals surface area contributed by atoms with E-state index in [0.29, 0.717) is 35.4 Å². The van der Waals surface area contributed by atoms with E-state index in [1.165, 1.54) is 0 Å². The smallest absolute Gasteiger partial charge is 0.253 e. The molecule has 3 rings (SSSR count). The van der Waals surface area contributed by atoms with Gasteiger partial charge >= 0.3 is 0 Å². The Morgan fingerprint density at radius 2 is 2.24 bits per heavy atom. The molecule has 0 spiro atoms. The fourth-order valence-corrected chi connectivity index (χ4v) is 2.70. The number of hydrogen-bond donors (Lipinski definition) is 0. The summed E-state index contributed by atoms with van der Waals surface area (Å²) in [4.78, 5) is 18.6. The van der Waals surface area contributed by atoms with E-state index in [1.807, 2.05) is 17.9 Å². The van der Waals surface area contributed by atoms with Gasteiger partial charge in [-0.25, -0.2) is 0 Å². The van der Waals surface area contributed by atoms with Crippen molar-refractivity contribution in [2.24, 2.45) is 0 Å². The molecule has 1 aliphatic heterocycles. The van der Waals surface area contributed by atoms with E-state index < -0.39 is 0 Å². The van der Waals surface area contributed by atoms with Gasteiger partial charge in [0.1, 0.15) is 0 Å². The van der Waals surface area contributed by atoms with Crippen molar-refractivity contribution in [2.75, 3.05) is 13.1 Å². The fraction of sp³-hybridized carbons (Fsp3) is 0.400. The van der Waals surface area contributed by atoms with Crippen LogP contribution in [0.25, 0.3) is 0 Å². The monoisotopic (exact) mass is 305 g/mol. The van der Waals surface area contributed by atoms with Crippen LogP contribution in [-0.2, 0) is 0 Å². The minimum absolute atomic E-state index is 0.0218. The van der Waals surface area contributed by atoms with Crippen LogP contribution >= 0.6 is 11.6 Å². The molecule has 0 N–H and O–H groups in total. The molecule has 1 atom stereocenters. The van der Waals surface area contributed by atoms with Crippen molar-refractivity contribution < 1.29 is 9.32 Å². The number of rotatable bonds is 2. The topological polar surface area (TPSA) is 59.2 Å². The molecule has 0 radical (unpaired) electrons. The number of benzene rings is 1. The normalized spacial score (nSPS) is 18.2. The van der Waals surface area contributed by atoms with Crippen LogP contribution in [0.3, 0.4) is 0 Å². The van der Waals surface area contributed by atoms with Crippen molar-refractivity contribution in [3.63, 3.8) is 0 Å². The Morgan fingerprint density at radius 1 is 1.43 bits per heavy atom. The fourth-order valence-electron chi connectivity index (χ4n) is 2.59. The highest BCUT2D eigenvalue weighted by Gasteiger charge is 2.31. The number of nitrogens with zero attached hydrogens (tertiary/aromatic N) is 3. The van der Waals surface area contributed by atoms with Gasteiger partial charge in [-0.1, -0.05) is 16.8 Å².